The van der Waals surface area contributed by atoms with Gasteiger partial charge in [-0.3, -0.25) is 0 Å². The molecule has 3 heterocycles. The summed E-state index contributed by atoms with van der Waals surface area (Å²) in [4.78, 5) is 18.1. The van der Waals surface area contributed by atoms with Crippen LogP contribution >= 0.6 is 0 Å². The van der Waals surface area contributed by atoms with Crippen LogP contribution in [0.4, 0.5) is 16.2 Å². The Bertz CT molecular complexity index is 1640. The number of nitrogens with zero attached hydrogens (tertiary/aromatic N) is 5. The van der Waals surface area contributed by atoms with Gasteiger partial charge in [-0.05, 0) is 73.2 Å². The number of carbonyl (C=O) groups excluding carboxylic acids is 1. The highest BCUT2D eigenvalue weighted by atomic mass is 16.5. The van der Waals surface area contributed by atoms with Gasteiger partial charge in [0.2, 0.25) is 0 Å². The molecule has 1 atom stereocenters. The highest BCUT2D eigenvalue weighted by Crippen LogP contribution is 2.39. The zero-order valence-electron chi connectivity index (χ0n) is 23.1. The molecular weight excluding hydrogens is 500 g/mol. The molecule has 5 aromatic rings. The minimum atomic E-state index is -0.333. The molecule has 0 fully saturated rings. The molecule has 1 N–H and O–H groups in total. The molecule has 8 heteroatoms. The first kappa shape index (κ1) is 25.3. The van der Waals surface area contributed by atoms with Crippen molar-refractivity contribution in [2.45, 2.75) is 19.5 Å². The average Bonchev–Trinajstić information content (AvgIpc) is 3.54. The van der Waals surface area contributed by atoms with Crippen LogP contribution in [0, 0.1) is 6.92 Å². The van der Waals surface area contributed by atoms with E-state index in [1.54, 1.807) is 7.11 Å². The van der Waals surface area contributed by atoms with Crippen molar-refractivity contribution in [3.05, 3.63) is 120 Å². The van der Waals surface area contributed by atoms with Crippen LogP contribution in [0.15, 0.2) is 97.2 Å². The van der Waals surface area contributed by atoms with Crippen LogP contribution in [0.25, 0.3) is 11.5 Å². The maximum Gasteiger partial charge on any atom is 0.322 e. The molecule has 0 aliphatic carbocycles. The lowest BCUT2D eigenvalue weighted by molar-refractivity contribution is 0.194. The second kappa shape index (κ2) is 10.3. The number of benzene rings is 3. The summed E-state index contributed by atoms with van der Waals surface area (Å²) >= 11 is 0. The van der Waals surface area contributed by atoms with Crippen molar-refractivity contribution >= 4 is 17.4 Å². The van der Waals surface area contributed by atoms with E-state index in [0.717, 1.165) is 45.5 Å². The van der Waals surface area contributed by atoms with Crippen LogP contribution in [0.3, 0.4) is 0 Å². The van der Waals surface area contributed by atoms with E-state index in [1.165, 1.54) is 0 Å². The van der Waals surface area contributed by atoms with Crippen molar-refractivity contribution in [3.8, 4) is 17.3 Å². The molecule has 0 spiro atoms. The van der Waals surface area contributed by atoms with Crippen LogP contribution in [0.2, 0.25) is 0 Å². The molecule has 6 rings (SSSR count). The summed E-state index contributed by atoms with van der Waals surface area (Å²) in [7, 11) is 5.67. The minimum absolute atomic E-state index is 0.195. The van der Waals surface area contributed by atoms with Gasteiger partial charge in [0.1, 0.15) is 11.6 Å². The highest BCUT2D eigenvalue weighted by molar-refractivity contribution is 5.90. The summed E-state index contributed by atoms with van der Waals surface area (Å²) in [6.45, 7) is 2.39. The Morgan fingerprint density at radius 1 is 0.950 bits per heavy atom. The van der Waals surface area contributed by atoms with Gasteiger partial charge in [-0.2, -0.15) is 5.10 Å². The number of ether oxygens (including phenoxy) is 1. The van der Waals surface area contributed by atoms with E-state index in [9.17, 15) is 4.79 Å². The van der Waals surface area contributed by atoms with E-state index in [1.807, 2.05) is 91.3 Å². The number of aromatic nitrogens is 3. The number of rotatable bonds is 5. The Labute approximate surface area is 234 Å². The first-order valence-corrected chi connectivity index (χ1v) is 13.2. The molecular formula is C32H32N6O2. The molecule has 2 aromatic heterocycles. The van der Waals surface area contributed by atoms with Gasteiger partial charge >= 0.3 is 6.03 Å². The number of carbonyl (C=O) groups is 1. The third kappa shape index (κ3) is 4.47. The quantitative estimate of drug-likeness (QED) is 0.293. The SMILES string of the molecule is COc1ccc(NC(=O)N2Cc3c(C)nn(-c4ccccc4)c3-n3cccc3C2c2ccc(N(C)C)cc2)cc1. The lowest BCUT2D eigenvalue weighted by Crippen LogP contribution is -2.38. The van der Waals surface area contributed by atoms with Gasteiger partial charge in [-0.1, -0.05) is 30.3 Å². The fraction of sp³-hybridized carbons (Fsp3) is 0.188. The van der Waals surface area contributed by atoms with E-state index in [-0.39, 0.29) is 12.1 Å². The zero-order chi connectivity index (χ0) is 27.8. The molecule has 0 bridgehead atoms. The van der Waals surface area contributed by atoms with Crippen LogP contribution in [-0.4, -0.2) is 46.5 Å². The fourth-order valence-electron chi connectivity index (χ4n) is 5.32. The minimum Gasteiger partial charge on any atom is -0.497 e. The summed E-state index contributed by atoms with van der Waals surface area (Å²) in [5.74, 6) is 1.68. The van der Waals surface area contributed by atoms with Crippen molar-refractivity contribution < 1.29 is 9.53 Å². The van der Waals surface area contributed by atoms with Crippen molar-refractivity contribution in [1.29, 1.82) is 0 Å². The number of para-hydroxylation sites is 1. The summed E-state index contributed by atoms with van der Waals surface area (Å²) in [5, 5.41) is 8.04. The molecule has 0 saturated heterocycles. The molecule has 2 amide bonds. The smallest absolute Gasteiger partial charge is 0.322 e. The number of hydrogen-bond donors (Lipinski definition) is 1. The molecule has 1 aliphatic rings. The topological polar surface area (TPSA) is 67.6 Å². The third-order valence-electron chi connectivity index (χ3n) is 7.41. The van der Waals surface area contributed by atoms with Crippen LogP contribution < -0.4 is 15.0 Å². The predicted molar refractivity (Wildman–Crippen MR) is 158 cm³/mol. The van der Waals surface area contributed by atoms with Gasteiger partial charge in [-0.25, -0.2) is 9.48 Å². The predicted octanol–water partition coefficient (Wildman–Crippen LogP) is 6.18. The van der Waals surface area contributed by atoms with E-state index < -0.39 is 0 Å². The molecule has 0 saturated carbocycles. The molecule has 40 heavy (non-hydrogen) atoms. The van der Waals surface area contributed by atoms with Crippen molar-refractivity contribution in [3.63, 3.8) is 0 Å². The standard InChI is InChI=1S/C32H32N6O2/c1-22-28-21-37(32(39)33-24-14-18-27(40-4)19-15-24)30(23-12-16-25(17-13-23)35(2)3)29-11-8-20-36(29)31(28)38(34-22)26-9-6-5-7-10-26/h5-20,30H,21H2,1-4H3,(H,33,39). The van der Waals surface area contributed by atoms with Gasteiger partial charge in [0.05, 0.1) is 36.8 Å². The number of urea groups is 1. The summed E-state index contributed by atoms with van der Waals surface area (Å²) in [6.07, 6.45) is 2.06. The van der Waals surface area contributed by atoms with Gasteiger partial charge < -0.3 is 24.4 Å². The maximum atomic E-state index is 14.1. The molecule has 0 radical (unpaired) electrons. The second-order valence-electron chi connectivity index (χ2n) is 10.1. The van der Waals surface area contributed by atoms with Crippen molar-refractivity contribution in [2.75, 3.05) is 31.4 Å². The van der Waals surface area contributed by atoms with Crippen LogP contribution in [0.5, 0.6) is 5.75 Å². The highest BCUT2D eigenvalue weighted by Gasteiger charge is 2.36. The van der Waals surface area contributed by atoms with E-state index in [0.29, 0.717) is 12.2 Å². The number of anilines is 2. The van der Waals surface area contributed by atoms with Gasteiger partial charge in [0, 0.05) is 37.2 Å². The number of hydrogen-bond acceptors (Lipinski definition) is 4. The zero-order valence-corrected chi connectivity index (χ0v) is 23.1. The third-order valence-corrected chi connectivity index (χ3v) is 7.41. The molecule has 3 aromatic carbocycles. The average molecular weight is 533 g/mol. The number of methoxy groups -OCH3 is 1. The molecule has 8 nitrogen and oxygen atoms in total. The lowest BCUT2D eigenvalue weighted by atomic mass is 10.0. The maximum absolute atomic E-state index is 14.1. The first-order chi connectivity index (χ1) is 19.4. The monoisotopic (exact) mass is 532 g/mol. The molecule has 1 unspecified atom stereocenters. The number of amides is 2. The largest absolute Gasteiger partial charge is 0.497 e. The number of nitrogens with one attached hydrogen (secondary N) is 1. The second-order valence-corrected chi connectivity index (χ2v) is 10.1. The summed E-state index contributed by atoms with van der Waals surface area (Å²) < 4.78 is 9.44. The van der Waals surface area contributed by atoms with Crippen LogP contribution in [0.1, 0.15) is 28.6 Å². The fourth-order valence-corrected chi connectivity index (χ4v) is 5.32. The Kier molecular flexibility index (Phi) is 6.51. The Morgan fingerprint density at radius 2 is 1.68 bits per heavy atom. The Morgan fingerprint density at radius 3 is 2.35 bits per heavy atom. The van der Waals surface area contributed by atoms with E-state index in [2.05, 4.69) is 51.3 Å². The van der Waals surface area contributed by atoms with Crippen molar-refractivity contribution in [2.24, 2.45) is 0 Å². The Balaban J connectivity index is 1.50. The molecule has 202 valence electrons. The first-order valence-electron chi connectivity index (χ1n) is 13.2. The van der Waals surface area contributed by atoms with Gasteiger partial charge in [0.15, 0.2) is 0 Å². The lowest BCUT2D eigenvalue weighted by Gasteiger charge is -2.31. The van der Waals surface area contributed by atoms with Gasteiger partial charge in [0.25, 0.3) is 0 Å². The molecule has 1 aliphatic heterocycles. The van der Waals surface area contributed by atoms with E-state index >= 15 is 0 Å². The number of fused-ring (bicyclic) bond motifs is 3. The summed E-state index contributed by atoms with van der Waals surface area (Å²) in [5.41, 5.74) is 6.65. The normalized spacial score (nSPS) is 14.2. The summed E-state index contributed by atoms with van der Waals surface area (Å²) in [6, 6.07) is 29.5. The number of aryl methyl sites for hydroxylation is 1. The van der Waals surface area contributed by atoms with Crippen molar-refractivity contribution in [1.82, 2.24) is 19.2 Å². The van der Waals surface area contributed by atoms with Crippen LogP contribution in [-0.2, 0) is 6.54 Å². The van der Waals surface area contributed by atoms with E-state index in [4.69, 9.17) is 9.84 Å². The van der Waals surface area contributed by atoms with Gasteiger partial charge in [-0.15, -0.1) is 0 Å². The Hall–Kier alpha value is -4.98.